The highest BCUT2D eigenvalue weighted by atomic mass is 32.2. The first-order valence-electron chi connectivity index (χ1n) is 10.9. The molecule has 0 radical (unpaired) electrons. The van der Waals surface area contributed by atoms with Crippen LogP contribution in [0, 0.1) is 13.8 Å². The van der Waals surface area contributed by atoms with Crippen molar-refractivity contribution >= 4 is 34.4 Å². The monoisotopic (exact) mass is 469 g/mol. The summed E-state index contributed by atoms with van der Waals surface area (Å²) in [5.41, 5.74) is 5.59. The van der Waals surface area contributed by atoms with Crippen LogP contribution in [0.5, 0.6) is 0 Å². The molecule has 2 aromatic heterocycles. The van der Waals surface area contributed by atoms with Crippen molar-refractivity contribution in [1.29, 1.82) is 0 Å². The molecular formula is C25H23N7OS. The molecule has 0 unspecified atom stereocenters. The van der Waals surface area contributed by atoms with Crippen LogP contribution in [0.2, 0.25) is 0 Å². The van der Waals surface area contributed by atoms with Gasteiger partial charge in [-0.2, -0.15) is 4.68 Å². The lowest BCUT2D eigenvalue weighted by Gasteiger charge is -2.11. The first-order chi connectivity index (χ1) is 16.6. The first kappa shape index (κ1) is 21.8. The Morgan fingerprint density at radius 2 is 1.74 bits per heavy atom. The van der Waals surface area contributed by atoms with E-state index in [2.05, 4.69) is 31.9 Å². The third kappa shape index (κ3) is 4.42. The number of benzene rings is 3. The zero-order valence-corrected chi connectivity index (χ0v) is 19.7. The van der Waals surface area contributed by atoms with Crippen LogP contribution >= 0.6 is 11.8 Å². The number of para-hydroxylation sites is 2. The van der Waals surface area contributed by atoms with Gasteiger partial charge in [0.05, 0.1) is 11.2 Å². The summed E-state index contributed by atoms with van der Waals surface area (Å²) in [4.78, 5) is 12.5. The fourth-order valence-electron chi connectivity index (χ4n) is 3.71. The van der Waals surface area contributed by atoms with Gasteiger partial charge in [-0.25, -0.2) is 0 Å². The second-order valence-electron chi connectivity index (χ2n) is 7.91. The van der Waals surface area contributed by atoms with Crippen LogP contribution in [0.4, 0.5) is 5.69 Å². The van der Waals surface area contributed by atoms with E-state index in [1.165, 1.54) is 17.3 Å². The van der Waals surface area contributed by atoms with Gasteiger partial charge in [-0.3, -0.25) is 9.36 Å². The van der Waals surface area contributed by atoms with Crippen molar-refractivity contribution in [1.82, 2.24) is 29.8 Å². The van der Waals surface area contributed by atoms with Crippen LogP contribution in [0.3, 0.4) is 0 Å². The number of thioether (sulfide) groups is 1. The van der Waals surface area contributed by atoms with E-state index in [-0.39, 0.29) is 5.91 Å². The number of nitrogens with zero attached hydrogens (tertiary/aromatic N) is 6. The predicted molar refractivity (Wildman–Crippen MR) is 134 cm³/mol. The summed E-state index contributed by atoms with van der Waals surface area (Å²) in [6.45, 7) is 4.03. The molecular weight excluding hydrogens is 446 g/mol. The van der Waals surface area contributed by atoms with Gasteiger partial charge < -0.3 is 5.32 Å². The number of hydrogen-bond donors (Lipinski definition) is 1. The van der Waals surface area contributed by atoms with E-state index < -0.39 is 0 Å². The van der Waals surface area contributed by atoms with Gasteiger partial charge in [0.2, 0.25) is 5.91 Å². The van der Waals surface area contributed by atoms with Crippen LogP contribution in [-0.4, -0.2) is 41.4 Å². The maximum Gasteiger partial charge on any atom is 0.259 e. The highest BCUT2D eigenvalue weighted by molar-refractivity contribution is 7.99. The maximum absolute atomic E-state index is 12.5. The van der Waals surface area contributed by atoms with E-state index in [4.69, 9.17) is 0 Å². The highest BCUT2D eigenvalue weighted by Gasteiger charge is 2.19. The van der Waals surface area contributed by atoms with Crippen LogP contribution in [0.25, 0.3) is 22.7 Å². The maximum atomic E-state index is 12.5. The lowest BCUT2D eigenvalue weighted by molar-refractivity contribution is -0.115. The number of anilines is 1. The van der Waals surface area contributed by atoms with Crippen LogP contribution in [0.15, 0.2) is 78.0 Å². The molecule has 5 rings (SSSR count). The summed E-state index contributed by atoms with van der Waals surface area (Å²) < 4.78 is 3.63. The van der Waals surface area contributed by atoms with Gasteiger partial charge in [0.1, 0.15) is 5.52 Å². The topological polar surface area (TPSA) is 90.5 Å². The Balaban J connectivity index is 1.37. The van der Waals surface area contributed by atoms with Crippen molar-refractivity contribution in [2.45, 2.75) is 25.4 Å². The zero-order chi connectivity index (χ0) is 23.5. The van der Waals surface area contributed by atoms with E-state index >= 15 is 0 Å². The molecule has 0 saturated heterocycles. The Morgan fingerprint density at radius 3 is 2.56 bits per heavy atom. The van der Waals surface area contributed by atoms with E-state index in [0.717, 1.165) is 28.0 Å². The predicted octanol–water partition coefficient (Wildman–Crippen LogP) is 4.74. The molecule has 0 bridgehead atoms. The lowest BCUT2D eigenvalue weighted by atomic mass is 10.1. The summed E-state index contributed by atoms with van der Waals surface area (Å²) in [6, 6.07) is 23.6. The van der Waals surface area contributed by atoms with Gasteiger partial charge in [-0.1, -0.05) is 65.0 Å². The van der Waals surface area contributed by atoms with Crippen LogP contribution in [-0.2, 0) is 4.79 Å². The fraction of sp³-hybridized carbons (Fsp3) is 0.160. The van der Waals surface area contributed by atoms with Gasteiger partial charge >= 0.3 is 0 Å². The Bertz CT molecular complexity index is 1460. The van der Waals surface area contributed by atoms with E-state index in [1.54, 1.807) is 4.68 Å². The summed E-state index contributed by atoms with van der Waals surface area (Å²) in [6.07, 6.45) is 0.348. The number of hydrogen-bond acceptors (Lipinski definition) is 6. The minimum Gasteiger partial charge on any atom is -0.326 e. The normalized spacial score (nSPS) is 11.1. The summed E-state index contributed by atoms with van der Waals surface area (Å²) in [5, 5.41) is 21.1. The minimum absolute atomic E-state index is 0.0345. The average Bonchev–Trinajstić information content (AvgIpc) is 3.45. The van der Waals surface area contributed by atoms with Crippen molar-refractivity contribution in [2.75, 3.05) is 11.1 Å². The zero-order valence-electron chi connectivity index (χ0n) is 18.8. The molecule has 0 fully saturated rings. The Hall–Kier alpha value is -3.98. The number of fused-ring (bicyclic) bond motifs is 1. The summed E-state index contributed by atoms with van der Waals surface area (Å²) >= 11 is 1.48. The van der Waals surface area contributed by atoms with Gasteiger partial charge in [-0.05, 0) is 49.7 Å². The molecule has 0 spiro atoms. The van der Waals surface area contributed by atoms with E-state index in [1.807, 2.05) is 85.1 Å². The Kier molecular flexibility index (Phi) is 6.09. The van der Waals surface area contributed by atoms with E-state index in [0.29, 0.717) is 23.3 Å². The Labute approximate surface area is 201 Å². The lowest BCUT2D eigenvalue weighted by Crippen LogP contribution is -2.13. The Morgan fingerprint density at radius 1 is 0.941 bits per heavy atom. The number of rotatable bonds is 7. The second-order valence-corrected chi connectivity index (χ2v) is 8.97. The second kappa shape index (κ2) is 9.48. The smallest absolute Gasteiger partial charge is 0.259 e. The third-order valence-corrected chi connectivity index (χ3v) is 6.32. The number of amides is 1. The van der Waals surface area contributed by atoms with E-state index in [9.17, 15) is 4.79 Å². The molecule has 9 heteroatoms. The molecule has 0 saturated carbocycles. The number of carbonyl (C=O) groups excluding carboxylic acids is 1. The van der Waals surface area contributed by atoms with Crippen molar-refractivity contribution < 1.29 is 4.79 Å². The van der Waals surface area contributed by atoms with Crippen LogP contribution in [0.1, 0.15) is 17.5 Å². The standard InChI is InChI=1S/C25H23N7OS/c1-17-12-13-20(18(2)16-17)26-23(33)14-15-34-25-29-28-24(31(25)19-8-4-3-5-9-19)32-22-11-7-6-10-21(22)27-30-32/h3-13,16H,14-15H2,1-2H3,(H,26,33). The SMILES string of the molecule is Cc1ccc(NC(=O)CCSc2nnc(-n3nnc4ccccc43)n2-c2ccccc2)c(C)c1. The minimum atomic E-state index is -0.0345. The average molecular weight is 470 g/mol. The van der Waals surface area contributed by atoms with Crippen molar-refractivity contribution in [3.63, 3.8) is 0 Å². The molecule has 1 N–H and O–H groups in total. The quantitative estimate of drug-likeness (QED) is 0.346. The first-order valence-corrected chi connectivity index (χ1v) is 11.9. The number of nitrogens with one attached hydrogen (secondary N) is 1. The van der Waals surface area contributed by atoms with Gasteiger partial charge in [0.25, 0.3) is 5.95 Å². The molecule has 1 amide bonds. The largest absolute Gasteiger partial charge is 0.326 e. The van der Waals surface area contributed by atoms with Crippen molar-refractivity contribution in [3.8, 4) is 11.6 Å². The van der Waals surface area contributed by atoms with Crippen molar-refractivity contribution in [2.24, 2.45) is 0 Å². The number of aromatic nitrogens is 6. The van der Waals surface area contributed by atoms with Gasteiger partial charge in [-0.15, -0.1) is 15.3 Å². The summed E-state index contributed by atoms with van der Waals surface area (Å²) in [5.74, 6) is 1.06. The van der Waals surface area contributed by atoms with Crippen LogP contribution < -0.4 is 5.32 Å². The highest BCUT2D eigenvalue weighted by Crippen LogP contribution is 2.26. The van der Waals surface area contributed by atoms with Crippen molar-refractivity contribution in [3.05, 3.63) is 83.9 Å². The summed E-state index contributed by atoms with van der Waals surface area (Å²) in [7, 11) is 0. The molecule has 0 aliphatic rings. The molecule has 8 nitrogen and oxygen atoms in total. The molecule has 0 aliphatic heterocycles. The number of carbonyl (C=O) groups is 1. The third-order valence-electron chi connectivity index (χ3n) is 5.39. The number of aryl methyl sites for hydroxylation is 2. The molecule has 2 heterocycles. The molecule has 0 aliphatic carbocycles. The molecule has 5 aromatic rings. The molecule has 0 atom stereocenters. The molecule has 170 valence electrons. The molecule has 34 heavy (non-hydrogen) atoms. The molecule has 3 aromatic carbocycles. The van der Waals surface area contributed by atoms with Gasteiger partial charge in [0.15, 0.2) is 5.16 Å². The van der Waals surface area contributed by atoms with Gasteiger partial charge in [0, 0.05) is 17.9 Å². The fourth-order valence-corrected chi connectivity index (χ4v) is 4.60.